The van der Waals surface area contributed by atoms with E-state index in [-0.39, 0.29) is 17.8 Å². The summed E-state index contributed by atoms with van der Waals surface area (Å²) in [5.74, 6) is -0.397. The van der Waals surface area contributed by atoms with Crippen LogP contribution >= 0.6 is 11.6 Å². The molecule has 0 aliphatic carbocycles. The second-order valence-corrected chi connectivity index (χ2v) is 6.63. The van der Waals surface area contributed by atoms with Crippen molar-refractivity contribution >= 4 is 17.6 Å². The first-order chi connectivity index (χ1) is 12.2. The Morgan fingerprint density at radius 2 is 2.08 bits per heavy atom. The van der Waals surface area contributed by atoms with E-state index in [0.717, 1.165) is 25.2 Å². The number of benzene rings is 1. The first-order valence-corrected chi connectivity index (χ1v) is 8.95. The molecule has 0 radical (unpaired) electrons. The fourth-order valence-corrected chi connectivity index (χ4v) is 3.46. The van der Waals surface area contributed by atoms with Gasteiger partial charge in [0.15, 0.2) is 0 Å². The summed E-state index contributed by atoms with van der Waals surface area (Å²) in [5, 5.41) is 0.359. The molecule has 0 amide bonds. The molecule has 2 heterocycles. The molecule has 132 valence electrons. The molecule has 25 heavy (non-hydrogen) atoms. The number of rotatable bonds is 5. The SMILES string of the molecule is CCOC(=O)C1CN(Cc2ccccc2)CCC1c1cnc(Cl)cn1. The number of piperidine rings is 1. The first kappa shape index (κ1) is 17.8. The van der Waals surface area contributed by atoms with Crippen LogP contribution < -0.4 is 0 Å². The predicted octanol–water partition coefficient (Wildman–Crippen LogP) is 3.30. The van der Waals surface area contributed by atoms with Gasteiger partial charge in [0, 0.05) is 19.0 Å². The van der Waals surface area contributed by atoms with Crippen LogP contribution in [0.4, 0.5) is 0 Å². The molecular weight excluding hydrogens is 338 g/mol. The van der Waals surface area contributed by atoms with E-state index in [1.165, 1.54) is 11.8 Å². The Labute approximate surface area is 153 Å². The van der Waals surface area contributed by atoms with Crippen LogP contribution in [-0.2, 0) is 16.1 Å². The van der Waals surface area contributed by atoms with Crippen LogP contribution in [0.2, 0.25) is 5.15 Å². The summed E-state index contributed by atoms with van der Waals surface area (Å²) in [6.07, 6.45) is 4.05. The van der Waals surface area contributed by atoms with Gasteiger partial charge in [-0.15, -0.1) is 0 Å². The first-order valence-electron chi connectivity index (χ1n) is 8.57. The molecule has 0 N–H and O–H groups in total. The second-order valence-electron chi connectivity index (χ2n) is 6.24. The van der Waals surface area contributed by atoms with E-state index in [1.54, 1.807) is 6.20 Å². The molecular formula is C19H22ClN3O2. The molecule has 0 spiro atoms. The number of aromatic nitrogens is 2. The van der Waals surface area contributed by atoms with Gasteiger partial charge in [-0.05, 0) is 25.5 Å². The molecule has 6 heteroatoms. The summed E-state index contributed by atoms with van der Waals surface area (Å²) in [4.78, 5) is 23.3. The van der Waals surface area contributed by atoms with Gasteiger partial charge in [-0.2, -0.15) is 0 Å². The number of carbonyl (C=O) groups is 1. The van der Waals surface area contributed by atoms with Crippen molar-refractivity contribution < 1.29 is 9.53 Å². The Hall–Kier alpha value is -1.98. The van der Waals surface area contributed by atoms with Crippen LogP contribution in [0, 0.1) is 5.92 Å². The van der Waals surface area contributed by atoms with Crippen molar-refractivity contribution in [2.24, 2.45) is 5.92 Å². The Morgan fingerprint density at radius 3 is 2.76 bits per heavy atom. The lowest BCUT2D eigenvalue weighted by Gasteiger charge is -2.37. The van der Waals surface area contributed by atoms with Crippen LogP contribution in [0.3, 0.4) is 0 Å². The Kier molecular flexibility index (Phi) is 6.00. The van der Waals surface area contributed by atoms with Crippen molar-refractivity contribution in [2.45, 2.75) is 25.8 Å². The van der Waals surface area contributed by atoms with Crippen molar-refractivity contribution in [3.63, 3.8) is 0 Å². The molecule has 2 aromatic rings. The van der Waals surface area contributed by atoms with Crippen LogP contribution in [0.5, 0.6) is 0 Å². The third-order valence-corrected chi connectivity index (χ3v) is 4.75. The number of hydrogen-bond acceptors (Lipinski definition) is 5. The highest BCUT2D eigenvalue weighted by atomic mass is 35.5. The minimum atomic E-state index is -0.243. The highest BCUT2D eigenvalue weighted by molar-refractivity contribution is 6.29. The molecule has 1 saturated heterocycles. The lowest BCUT2D eigenvalue weighted by molar-refractivity contribution is -0.151. The quantitative estimate of drug-likeness (QED) is 0.767. The normalized spacial score (nSPS) is 21.0. The van der Waals surface area contributed by atoms with Gasteiger partial charge in [-0.1, -0.05) is 41.9 Å². The lowest BCUT2D eigenvalue weighted by Crippen LogP contribution is -2.43. The third-order valence-electron chi connectivity index (χ3n) is 4.56. The monoisotopic (exact) mass is 359 g/mol. The fourth-order valence-electron chi connectivity index (χ4n) is 3.36. The largest absolute Gasteiger partial charge is 0.466 e. The molecule has 1 aromatic carbocycles. The summed E-state index contributed by atoms with van der Waals surface area (Å²) in [5.41, 5.74) is 2.05. The van der Waals surface area contributed by atoms with Gasteiger partial charge in [0.2, 0.25) is 0 Å². The predicted molar refractivity (Wildman–Crippen MR) is 96.2 cm³/mol. The van der Waals surface area contributed by atoms with Crippen molar-refractivity contribution in [1.82, 2.24) is 14.9 Å². The van der Waals surface area contributed by atoms with Crippen molar-refractivity contribution in [2.75, 3.05) is 19.7 Å². The molecule has 1 fully saturated rings. The lowest BCUT2D eigenvalue weighted by atomic mass is 9.83. The molecule has 1 aliphatic rings. The molecule has 0 bridgehead atoms. The van der Waals surface area contributed by atoms with Gasteiger partial charge < -0.3 is 4.74 Å². The zero-order valence-electron chi connectivity index (χ0n) is 14.3. The molecule has 1 aromatic heterocycles. The zero-order valence-corrected chi connectivity index (χ0v) is 15.0. The van der Waals surface area contributed by atoms with E-state index in [1.807, 2.05) is 25.1 Å². The Morgan fingerprint density at radius 1 is 1.28 bits per heavy atom. The average molecular weight is 360 g/mol. The molecule has 2 unspecified atom stereocenters. The van der Waals surface area contributed by atoms with E-state index in [2.05, 4.69) is 27.0 Å². The third kappa shape index (κ3) is 4.55. The number of likely N-dealkylation sites (tertiary alicyclic amines) is 1. The van der Waals surface area contributed by atoms with Crippen LogP contribution in [0.15, 0.2) is 42.7 Å². The second kappa shape index (κ2) is 8.41. The van der Waals surface area contributed by atoms with E-state index in [0.29, 0.717) is 18.3 Å². The Balaban J connectivity index is 1.76. The van der Waals surface area contributed by atoms with E-state index >= 15 is 0 Å². The molecule has 2 atom stereocenters. The van der Waals surface area contributed by atoms with Gasteiger partial charge >= 0.3 is 5.97 Å². The summed E-state index contributed by atoms with van der Waals surface area (Å²) < 4.78 is 5.32. The minimum absolute atomic E-state index is 0.0100. The number of ether oxygens (including phenoxy) is 1. The summed E-state index contributed by atoms with van der Waals surface area (Å²) in [6, 6.07) is 10.3. The van der Waals surface area contributed by atoms with E-state index in [4.69, 9.17) is 16.3 Å². The van der Waals surface area contributed by atoms with E-state index < -0.39 is 0 Å². The highest BCUT2D eigenvalue weighted by Gasteiger charge is 2.37. The fraction of sp³-hybridized carbons (Fsp3) is 0.421. The molecule has 0 saturated carbocycles. The van der Waals surface area contributed by atoms with Crippen molar-refractivity contribution in [1.29, 1.82) is 0 Å². The number of nitrogens with zero attached hydrogens (tertiary/aromatic N) is 3. The summed E-state index contributed by atoms with van der Waals surface area (Å²) >= 11 is 5.84. The summed E-state index contributed by atoms with van der Waals surface area (Å²) in [7, 11) is 0. The summed E-state index contributed by atoms with van der Waals surface area (Å²) in [6.45, 7) is 4.60. The zero-order chi connectivity index (χ0) is 17.6. The minimum Gasteiger partial charge on any atom is -0.466 e. The average Bonchev–Trinajstić information content (AvgIpc) is 2.63. The van der Waals surface area contributed by atoms with E-state index in [9.17, 15) is 4.79 Å². The van der Waals surface area contributed by atoms with Crippen LogP contribution in [0.1, 0.15) is 30.5 Å². The van der Waals surface area contributed by atoms with Gasteiger partial charge in [-0.3, -0.25) is 14.7 Å². The molecule has 3 rings (SSSR count). The smallest absolute Gasteiger partial charge is 0.310 e. The maximum absolute atomic E-state index is 12.5. The Bertz CT molecular complexity index is 694. The number of hydrogen-bond donors (Lipinski definition) is 0. The number of halogens is 1. The maximum atomic E-state index is 12.5. The van der Waals surface area contributed by atoms with Gasteiger partial charge in [0.1, 0.15) is 5.15 Å². The number of esters is 1. The molecule has 5 nitrogen and oxygen atoms in total. The van der Waals surface area contributed by atoms with Gasteiger partial charge in [0.05, 0.1) is 30.6 Å². The van der Waals surface area contributed by atoms with Gasteiger partial charge in [-0.25, -0.2) is 4.98 Å². The molecule has 1 aliphatic heterocycles. The maximum Gasteiger partial charge on any atom is 0.310 e. The van der Waals surface area contributed by atoms with Crippen LogP contribution in [0.25, 0.3) is 0 Å². The van der Waals surface area contributed by atoms with Crippen molar-refractivity contribution in [3.05, 3.63) is 59.1 Å². The topological polar surface area (TPSA) is 55.3 Å². The standard InChI is InChI=1S/C19H22ClN3O2/c1-2-25-19(24)16-13-23(12-14-6-4-3-5-7-14)9-8-15(16)17-10-22-18(20)11-21-17/h3-7,10-11,15-16H,2,8-9,12-13H2,1H3. The number of carbonyl (C=O) groups excluding carboxylic acids is 1. The van der Waals surface area contributed by atoms with Crippen molar-refractivity contribution in [3.8, 4) is 0 Å². The highest BCUT2D eigenvalue weighted by Crippen LogP contribution is 2.33. The van der Waals surface area contributed by atoms with Crippen LogP contribution in [-0.4, -0.2) is 40.5 Å². The van der Waals surface area contributed by atoms with Gasteiger partial charge in [0.25, 0.3) is 0 Å².